The van der Waals surface area contributed by atoms with Crippen molar-refractivity contribution >= 4 is 35.4 Å². The molecule has 0 atom stereocenters. The Hall–Kier alpha value is 1.19. The van der Waals surface area contributed by atoms with Crippen LogP contribution in [-0.4, -0.2) is 17.2 Å². The van der Waals surface area contributed by atoms with Crippen molar-refractivity contribution in [3.63, 3.8) is 0 Å². The fraction of sp³-hybridized carbons (Fsp3) is 0.571. The maximum absolute atomic E-state index is 8.73. The normalized spacial score (nSPS) is 9.79. The second-order valence-electron chi connectivity index (χ2n) is 4.25. The average molecular weight is 501 g/mol. The summed E-state index contributed by atoms with van der Waals surface area (Å²) in [6.07, 6.45) is 1.90. The molecule has 1 nitrogen and oxygen atoms in total. The molecule has 0 saturated heterocycles. The Kier molecular flexibility index (Phi) is 18.4. The summed E-state index contributed by atoms with van der Waals surface area (Å²) in [4.78, 5) is 8.73. The van der Waals surface area contributed by atoms with E-state index in [9.17, 15) is 0 Å². The van der Waals surface area contributed by atoms with Crippen LogP contribution in [0.1, 0.15) is 44.7 Å². The van der Waals surface area contributed by atoms with Crippen LogP contribution in [0.25, 0.3) is 0 Å². The number of benzene rings is 1. The van der Waals surface area contributed by atoms with Gasteiger partial charge in [-0.3, -0.25) is 0 Å². The zero-order valence-electron chi connectivity index (χ0n) is 12.3. The van der Waals surface area contributed by atoms with Gasteiger partial charge in [0, 0.05) is 8.15 Å². The predicted molar refractivity (Wildman–Crippen MR) is 93.3 cm³/mol. The van der Waals surface area contributed by atoms with E-state index in [0.717, 1.165) is 12.3 Å². The van der Waals surface area contributed by atoms with Crippen molar-refractivity contribution in [2.45, 2.75) is 40.5 Å². The topological polar surface area (TPSA) is 20.2 Å². The molecule has 0 aliphatic heterocycles. The fourth-order valence-electron chi connectivity index (χ4n) is 1.17. The summed E-state index contributed by atoms with van der Waals surface area (Å²) in [5.74, 6) is 0.653. The van der Waals surface area contributed by atoms with E-state index in [1.165, 1.54) is 11.1 Å². The molecule has 1 rings (SSSR count). The molecule has 1 aromatic carbocycles. The van der Waals surface area contributed by atoms with Crippen LogP contribution in [0.4, 0.5) is 0 Å². The fourth-order valence-corrected chi connectivity index (χ4v) is 1.62. The first kappa shape index (κ1) is 22.5. The molecule has 1 aromatic rings. The molecule has 0 heterocycles. The van der Waals surface area contributed by atoms with Crippen LogP contribution in [-0.2, 0) is 13.2 Å². The van der Waals surface area contributed by atoms with Crippen LogP contribution in [0.5, 0.6) is 0 Å². The number of hydrogen-bond acceptors (Lipinski definition) is 1. The molecule has 5 heteroatoms. The molecular weight excluding hydrogens is 476 g/mol. The summed E-state index contributed by atoms with van der Waals surface area (Å²) in [6, 6.07) is 8.71. The molecule has 19 heavy (non-hydrogen) atoms. The van der Waals surface area contributed by atoms with Crippen LogP contribution < -0.4 is 0 Å². The van der Waals surface area contributed by atoms with Crippen LogP contribution in [0.3, 0.4) is 0 Å². The van der Waals surface area contributed by atoms with E-state index in [2.05, 4.69) is 72.3 Å². The molecule has 0 bridgehead atoms. The second-order valence-corrected chi connectivity index (χ2v) is 14.5. The predicted octanol–water partition coefficient (Wildman–Crippen LogP) is 6.22. The minimum atomic E-state index is -0.576. The Morgan fingerprint density at radius 1 is 1.11 bits per heavy atom. The average Bonchev–Trinajstić information content (AvgIpc) is 2.40. The standard InChI is InChI=1S/C10H14.C4H11OP.2BrH.Ru/c1-8(2)10-6-4-9(3)5-7-10;1-3-6(5)4-2;;;/h4-8H,1-3H3;5H,3-4H2,1-2H3;2*1H;/q;;;;+2/p-2. The Morgan fingerprint density at radius 3 is 1.68 bits per heavy atom. The molecule has 0 amide bonds. The molecule has 0 radical (unpaired) electrons. The van der Waals surface area contributed by atoms with Gasteiger partial charge in [0.15, 0.2) is 0 Å². The van der Waals surface area contributed by atoms with Gasteiger partial charge in [0.1, 0.15) is 0 Å². The van der Waals surface area contributed by atoms with Crippen molar-refractivity contribution in [3.8, 4) is 0 Å². The van der Waals surface area contributed by atoms with Crippen LogP contribution >= 0.6 is 35.4 Å². The van der Waals surface area contributed by atoms with Gasteiger partial charge in [0.05, 0.1) is 0 Å². The van der Waals surface area contributed by atoms with Crippen molar-refractivity contribution in [1.29, 1.82) is 0 Å². The summed E-state index contributed by atoms with van der Waals surface area (Å²) >= 11 is 6.64. The van der Waals surface area contributed by atoms with E-state index in [1.54, 1.807) is 0 Å². The third-order valence-corrected chi connectivity index (χ3v) is 3.93. The molecule has 0 aliphatic carbocycles. The maximum atomic E-state index is 8.73. The van der Waals surface area contributed by atoms with Gasteiger partial charge in [-0.2, -0.15) is 0 Å². The molecule has 114 valence electrons. The van der Waals surface area contributed by atoms with E-state index in [4.69, 9.17) is 4.89 Å². The third kappa shape index (κ3) is 15.4. The Morgan fingerprint density at radius 2 is 1.47 bits per heavy atom. The molecule has 1 N–H and O–H groups in total. The van der Waals surface area contributed by atoms with Gasteiger partial charge in [0.25, 0.3) is 0 Å². The summed E-state index contributed by atoms with van der Waals surface area (Å²) in [7, 11) is -0.576. The first-order chi connectivity index (χ1) is 8.92. The molecule has 0 aliphatic rings. The monoisotopic (exact) mass is 500 g/mol. The summed E-state index contributed by atoms with van der Waals surface area (Å²) < 4.78 is 0. The third-order valence-electron chi connectivity index (χ3n) is 2.47. The SMILES string of the molecule is CCP(O)CC.Cc1ccc(C(C)C)cc1.[Br][Ru][Br]. The Bertz CT molecular complexity index is 290. The first-order valence-electron chi connectivity index (χ1n) is 6.28. The second kappa shape index (κ2) is 15.6. The number of rotatable bonds is 3. The molecule has 0 unspecified atom stereocenters. The molecule has 0 aromatic heterocycles. The van der Waals surface area contributed by atoms with Crippen molar-refractivity contribution in [2.24, 2.45) is 0 Å². The van der Waals surface area contributed by atoms with Crippen molar-refractivity contribution in [1.82, 2.24) is 0 Å². The van der Waals surface area contributed by atoms with Gasteiger partial charge in [-0.25, -0.2) is 0 Å². The molecule has 0 spiro atoms. The van der Waals surface area contributed by atoms with Gasteiger partial charge in [-0.1, -0.05) is 57.5 Å². The van der Waals surface area contributed by atoms with E-state index >= 15 is 0 Å². The van der Waals surface area contributed by atoms with Gasteiger partial charge in [0.2, 0.25) is 0 Å². The molecule has 0 saturated carbocycles. The first-order valence-corrected chi connectivity index (χ1v) is 15.9. The quantitative estimate of drug-likeness (QED) is 0.385. The zero-order chi connectivity index (χ0) is 15.3. The number of aryl methyl sites for hydroxylation is 1. The minimum absolute atomic E-state index is 0.335. The van der Waals surface area contributed by atoms with Crippen LogP contribution in [0, 0.1) is 6.92 Å². The van der Waals surface area contributed by atoms with Gasteiger partial charge < -0.3 is 4.89 Å². The van der Waals surface area contributed by atoms with Crippen molar-refractivity contribution < 1.29 is 18.1 Å². The molecular formula is C14H25Br2OPRu. The van der Waals surface area contributed by atoms with Gasteiger partial charge in [-0.15, -0.1) is 0 Å². The van der Waals surface area contributed by atoms with E-state index in [-0.39, 0.29) is 0 Å². The van der Waals surface area contributed by atoms with E-state index in [1.807, 2.05) is 13.8 Å². The Balaban J connectivity index is 0. The van der Waals surface area contributed by atoms with E-state index in [0.29, 0.717) is 19.1 Å². The zero-order valence-corrected chi connectivity index (χ0v) is 18.1. The summed E-state index contributed by atoms with van der Waals surface area (Å²) in [6.45, 7) is 10.6. The van der Waals surface area contributed by atoms with Gasteiger partial charge in [-0.05, 0) is 30.7 Å². The number of halogens is 2. The summed E-state index contributed by atoms with van der Waals surface area (Å²) in [5.41, 5.74) is 2.76. The van der Waals surface area contributed by atoms with Crippen molar-refractivity contribution in [2.75, 3.05) is 12.3 Å². The van der Waals surface area contributed by atoms with Crippen LogP contribution in [0.2, 0.25) is 0 Å². The van der Waals surface area contributed by atoms with E-state index < -0.39 is 8.15 Å². The number of hydrogen-bond donors (Lipinski definition) is 1. The Labute approximate surface area is 141 Å². The van der Waals surface area contributed by atoms with Crippen LogP contribution in [0.15, 0.2) is 24.3 Å². The van der Waals surface area contributed by atoms with Gasteiger partial charge >= 0.3 is 40.5 Å². The molecule has 0 fully saturated rings. The summed E-state index contributed by atoms with van der Waals surface area (Å²) in [5, 5.41) is 0. The van der Waals surface area contributed by atoms with Crippen molar-refractivity contribution in [3.05, 3.63) is 35.4 Å².